The first kappa shape index (κ1) is 20.4. The molecule has 0 spiro atoms. The average molecular weight is 452 g/mol. The zero-order valence-corrected chi connectivity index (χ0v) is 18.5. The van der Waals surface area contributed by atoms with E-state index in [1.807, 2.05) is 15.4 Å². The fraction of sp³-hybridized carbons (Fsp3) is 0.545. The SMILES string of the molecule is NC(=O)[C@@H]1CCCN1c1nc(Nc2cc(C3CC3)[nH]n2)n2cc(CN3CCOCC3)cc2n1. The van der Waals surface area contributed by atoms with Gasteiger partial charge in [-0.25, -0.2) is 0 Å². The summed E-state index contributed by atoms with van der Waals surface area (Å²) in [6.07, 6.45) is 6.09. The van der Waals surface area contributed by atoms with Crippen molar-refractivity contribution in [3.8, 4) is 0 Å². The number of fused-ring (bicyclic) bond motifs is 1. The number of nitrogens with zero attached hydrogens (tertiary/aromatic N) is 6. The third kappa shape index (κ3) is 4.13. The number of morpholine rings is 1. The lowest BCUT2D eigenvalue weighted by atomic mass is 10.2. The molecule has 3 fully saturated rings. The minimum atomic E-state index is -0.380. The monoisotopic (exact) mass is 451 g/mol. The maximum absolute atomic E-state index is 12.0. The standard InChI is InChI=1S/C22H29N9O2/c23-20(32)17-2-1-5-30(17)22-25-19-10-14(12-29-6-8-33-9-7-29)13-31(19)21(26-22)24-18-11-16(27-28-18)15-3-4-15/h10-11,13,15,17H,1-9,12H2,(H2,23,32)(H2,24,25,26,27,28)/t17-/m0/s1. The van der Waals surface area contributed by atoms with Gasteiger partial charge in [0.05, 0.1) is 13.2 Å². The summed E-state index contributed by atoms with van der Waals surface area (Å²) in [4.78, 5) is 25.9. The van der Waals surface area contributed by atoms with E-state index in [1.54, 1.807) is 0 Å². The molecule has 3 aliphatic rings. The normalized spacial score (nSPS) is 21.7. The van der Waals surface area contributed by atoms with E-state index in [1.165, 1.54) is 12.8 Å². The first-order valence-corrected chi connectivity index (χ1v) is 11.7. The molecule has 2 aliphatic heterocycles. The minimum Gasteiger partial charge on any atom is -0.379 e. The Bertz CT molecular complexity index is 1160. The highest BCUT2D eigenvalue weighted by Gasteiger charge is 2.32. The number of H-pyrrole nitrogens is 1. The lowest BCUT2D eigenvalue weighted by molar-refractivity contribution is -0.119. The molecule has 4 N–H and O–H groups in total. The van der Waals surface area contributed by atoms with Gasteiger partial charge in [-0.3, -0.25) is 19.2 Å². The van der Waals surface area contributed by atoms with Crippen molar-refractivity contribution in [1.82, 2.24) is 29.5 Å². The maximum Gasteiger partial charge on any atom is 0.240 e. The second kappa shape index (κ2) is 8.31. The highest BCUT2D eigenvalue weighted by molar-refractivity contribution is 5.83. The Hall–Kier alpha value is -3.18. The Balaban J connectivity index is 1.35. The van der Waals surface area contributed by atoms with Gasteiger partial charge in [0.1, 0.15) is 11.7 Å². The van der Waals surface area contributed by atoms with Crippen LogP contribution in [0.15, 0.2) is 18.3 Å². The van der Waals surface area contributed by atoms with Gasteiger partial charge in [0, 0.05) is 50.1 Å². The fourth-order valence-electron chi connectivity index (χ4n) is 4.78. The zero-order chi connectivity index (χ0) is 22.4. The summed E-state index contributed by atoms with van der Waals surface area (Å²) in [5.74, 6) is 2.10. The number of nitrogens with two attached hydrogens (primary N) is 1. The summed E-state index contributed by atoms with van der Waals surface area (Å²) in [5.41, 5.74) is 8.74. The highest BCUT2D eigenvalue weighted by Crippen LogP contribution is 2.39. The fourth-order valence-corrected chi connectivity index (χ4v) is 4.78. The second-order valence-corrected chi connectivity index (χ2v) is 9.17. The van der Waals surface area contributed by atoms with Crippen LogP contribution in [0, 0.1) is 0 Å². The molecule has 5 heterocycles. The van der Waals surface area contributed by atoms with Crippen LogP contribution in [0.3, 0.4) is 0 Å². The number of carbonyl (C=O) groups excluding carboxylic acids is 1. The molecular weight excluding hydrogens is 422 g/mol. The smallest absolute Gasteiger partial charge is 0.240 e. The Labute approximate surface area is 191 Å². The summed E-state index contributed by atoms with van der Waals surface area (Å²) < 4.78 is 7.43. The van der Waals surface area contributed by atoms with E-state index in [9.17, 15) is 4.79 Å². The quantitative estimate of drug-likeness (QED) is 0.491. The molecule has 3 aromatic rings. The molecule has 33 heavy (non-hydrogen) atoms. The summed E-state index contributed by atoms with van der Waals surface area (Å²) >= 11 is 0. The van der Waals surface area contributed by atoms with E-state index in [4.69, 9.17) is 20.4 Å². The molecule has 1 amide bonds. The summed E-state index contributed by atoms with van der Waals surface area (Å²) in [6.45, 7) is 4.88. The van der Waals surface area contributed by atoms with E-state index >= 15 is 0 Å². The number of ether oxygens (including phenoxy) is 1. The molecule has 0 radical (unpaired) electrons. The summed E-state index contributed by atoms with van der Waals surface area (Å²) in [6, 6.07) is 3.75. The second-order valence-electron chi connectivity index (χ2n) is 9.17. The van der Waals surface area contributed by atoms with Crippen molar-refractivity contribution in [3.05, 3.63) is 29.6 Å². The summed E-state index contributed by atoms with van der Waals surface area (Å²) in [7, 11) is 0. The third-order valence-electron chi connectivity index (χ3n) is 6.71. The Morgan fingerprint density at radius 2 is 2.03 bits per heavy atom. The molecule has 0 aromatic carbocycles. The van der Waals surface area contributed by atoms with Crippen LogP contribution in [0.25, 0.3) is 5.65 Å². The molecule has 0 unspecified atom stereocenters. The largest absolute Gasteiger partial charge is 0.379 e. The number of aromatic nitrogens is 5. The Morgan fingerprint density at radius 3 is 2.82 bits per heavy atom. The third-order valence-corrected chi connectivity index (χ3v) is 6.71. The zero-order valence-electron chi connectivity index (χ0n) is 18.5. The molecule has 1 atom stereocenters. The first-order chi connectivity index (χ1) is 16.1. The van der Waals surface area contributed by atoms with Gasteiger partial charge in [-0.1, -0.05) is 0 Å². The van der Waals surface area contributed by atoms with Crippen LogP contribution in [-0.2, 0) is 16.1 Å². The van der Waals surface area contributed by atoms with Gasteiger partial charge < -0.3 is 20.7 Å². The van der Waals surface area contributed by atoms with Gasteiger partial charge >= 0.3 is 0 Å². The highest BCUT2D eigenvalue weighted by atomic mass is 16.5. The molecular formula is C22H29N9O2. The molecule has 1 aliphatic carbocycles. The summed E-state index contributed by atoms with van der Waals surface area (Å²) in [5, 5.41) is 10.9. The van der Waals surface area contributed by atoms with Crippen LogP contribution in [0.1, 0.15) is 42.9 Å². The number of amides is 1. The van der Waals surface area contributed by atoms with E-state index in [0.29, 0.717) is 24.4 Å². The molecule has 0 bridgehead atoms. The number of aromatic amines is 1. The van der Waals surface area contributed by atoms with Gasteiger partial charge in [-0.05, 0) is 37.3 Å². The number of nitrogens with one attached hydrogen (secondary N) is 2. The van der Waals surface area contributed by atoms with E-state index < -0.39 is 0 Å². The van der Waals surface area contributed by atoms with E-state index in [2.05, 4.69) is 32.7 Å². The van der Waals surface area contributed by atoms with Crippen molar-refractivity contribution in [2.24, 2.45) is 5.73 Å². The average Bonchev–Trinajstić information content (AvgIpc) is 3.20. The van der Waals surface area contributed by atoms with Crippen LogP contribution < -0.4 is 16.0 Å². The first-order valence-electron chi connectivity index (χ1n) is 11.7. The van der Waals surface area contributed by atoms with Gasteiger partial charge in [0.25, 0.3) is 0 Å². The van der Waals surface area contributed by atoms with Crippen LogP contribution >= 0.6 is 0 Å². The number of primary amides is 1. The molecule has 2 saturated heterocycles. The number of anilines is 3. The predicted molar refractivity (Wildman–Crippen MR) is 122 cm³/mol. The molecule has 6 rings (SSSR count). The minimum absolute atomic E-state index is 0.338. The van der Waals surface area contributed by atoms with Crippen molar-refractivity contribution in [2.75, 3.05) is 43.1 Å². The van der Waals surface area contributed by atoms with Crippen molar-refractivity contribution in [2.45, 2.75) is 44.2 Å². The number of rotatable bonds is 7. The van der Waals surface area contributed by atoms with Crippen LogP contribution in [0.4, 0.5) is 17.7 Å². The van der Waals surface area contributed by atoms with Crippen LogP contribution in [0.2, 0.25) is 0 Å². The lowest BCUT2D eigenvalue weighted by Gasteiger charge is -2.25. The molecule has 11 heteroatoms. The van der Waals surface area contributed by atoms with Crippen molar-refractivity contribution in [1.29, 1.82) is 0 Å². The Kier molecular flexibility index (Phi) is 5.14. The number of carbonyl (C=O) groups is 1. The van der Waals surface area contributed by atoms with Crippen molar-refractivity contribution in [3.63, 3.8) is 0 Å². The lowest BCUT2D eigenvalue weighted by Crippen LogP contribution is -2.41. The van der Waals surface area contributed by atoms with Gasteiger partial charge in [0.2, 0.25) is 17.8 Å². The van der Waals surface area contributed by atoms with Gasteiger partial charge in [-0.15, -0.1) is 0 Å². The van der Waals surface area contributed by atoms with Gasteiger partial charge in [0.15, 0.2) is 5.82 Å². The van der Waals surface area contributed by atoms with E-state index in [-0.39, 0.29) is 11.9 Å². The van der Waals surface area contributed by atoms with Crippen molar-refractivity contribution >= 4 is 29.3 Å². The molecule has 1 saturated carbocycles. The van der Waals surface area contributed by atoms with Crippen LogP contribution in [-0.4, -0.2) is 74.3 Å². The maximum atomic E-state index is 12.0. The number of hydrogen-bond acceptors (Lipinski definition) is 8. The number of hydrogen-bond donors (Lipinski definition) is 3. The predicted octanol–water partition coefficient (Wildman–Crippen LogP) is 1.36. The molecule has 11 nitrogen and oxygen atoms in total. The molecule has 174 valence electrons. The van der Waals surface area contributed by atoms with E-state index in [0.717, 1.165) is 68.4 Å². The van der Waals surface area contributed by atoms with Crippen molar-refractivity contribution < 1.29 is 9.53 Å². The molecule has 3 aromatic heterocycles. The topological polar surface area (TPSA) is 130 Å². The van der Waals surface area contributed by atoms with Crippen LogP contribution in [0.5, 0.6) is 0 Å². The van der Waals surface area contributed by atoms with Gasteiger partial charge in [-0.2, -0.15) is 15.1 Å². The Morgan fingerprint density at radius 1 is 1.18 bits per heavy atom.